The Morgan fingerprint density at radius 3 is 2.50 bits per heavy atom. The largest absolute Gasteiger partial charge is 0.368 e. The molecule has 1 N–H and O–H groups in total. The van der Waals surface area contributed by atoms with Gasteiger partial charge in [-0.05, 0) is 37.7 Å². The van der Waals surface area contributed by atoms with Crippen molar-refractivity contribution in [2.75, 3.05) is 31.1 Å². The first-order chi connectivity index (χ1) is 12.6. The van der Waals surface area contributed by atoms with Gasteiger partial charge in [0.1, 0.15) is 0 Å². The molecule has 0 aliphatic carbocycles. The molecule has 0 aromatic heterocycles. The van der Waals surface area contributed by atoms with Crippen LogP contribution in [-0.2, 0) is 4.79 Å². The highest BCUT2D eigenvalue weighted by Crippen LogP contribution is 2.33. The molecule has 1 amide bonds. The molecule has 1 aromatic carbocycles. The van der Waals surface area contributed by atoms with Crippen LogP contribution in [0.25, 0.3) is 0 Å². The highest BCUT2D eigenvalue weighted by Gasteiger charge is 2.35. The van der Waals surface area contributed by atoms with Crippen molar-refractivity contribution in [3.63, 3.8) is 0 Å². The third kappa shape index (κ3) is 3.67. The molecule has 7 nitrogen and oxygen atoms in total. The number of carbonyl (C=O) groups is 1. The molecule has 140 valence electrons. The maximum absolute atomic E-state index is 12.7. The van der Waals surface area contributed by atoms with Crippen LogP contribution in [0.3, 0.4) is 0 Å². The molecule has 3 heterocycles. The Balaban J connectivity index is 1.30. The molecule has 2 atom stereocenters. The second-order valence-corrected chi connectivity index (χ2v) is 7.82. The highest BCUT2D eigenvalue weighted by molar-refractivity contribution is 5.77. The number of nitrogens with one attached hydrogen (secondary N) is 1. The van der Waals surface area contributed by atoms with Crippen LogP contribution in [0.1, 0.15) is 32.1 Å². The fraction of sp³-hybridized carbons (Fsp3) is 0.632. The first kappa shape index (κ1) is 17.3. The number of piperazine rings is 1. The molecule has 0 saturated carbocycles. The van der Waals surface area contributed by atoms with Gasteiger partial charge in [-0.2, -0.15) is 0 Å². The number of hydrogen-bond donors (Lipinski definition) is 1. The van der Waals surface area contributed by atoms with E-state index in [4.69, 9.17) is 0 Å². The predicted octanol–water partition coefficient (Wildman–Crippen LogP) is 2.16. The van der Waals surface area contributed by atoms with Crippen LogP contribution >= 0.6 is 0 Å². The standard InChI is InChI=1S/C19H26N4O3/c24-19(12-14-10-15-4-5-16(11-14)20-15)22-8-6-21(7-9-22)17-2-1-3-18(13-17)23(25)26/h1-3,13-16,20H,4-12H2. The number of rotatable bonds is 4. The Hall–Kier alpha value is -2.15. The van der Waals surface area contributed by atoms with Gasteiger partial charge < -0.3 is 15.1 Å². The van der Waals surface area contributed by atoms with E-state index in [0.717, 1.165) is 31.6 Å². The van der Waals surface area contributed by atoms with Crippen molar-refractivity contribution in [2.45, 2.75) is 44.2 Å². The summed E-state index contributed by atoms with van der Waals surface area (Å²) in [6, 6.07) is 7.98. The lowest BCUT2D eigenvalue weighted by molar-refractivity contribution is -0.384. The number of fused-ring (bicyclic) bond motifs is 2. The van der Waals surface area contributed by atoms with Crippen molar-refractivity contribution in [1.82, 2.24) is 10.2 Å². The second-order valence-electron chi connectivity index (χ2n) is 7.82. The van der Waals surface area contributed by atoms with Gasteiger partial charge in [-0.1, -0.05) is 6.07 Å². The van der Waals surface area contributed by atoms with Gasteiger partial charge in [-0.15, -0.1) is 0 Å². The quantitative estimate of drug-likeness (QED) is 0.659. The summed E-state index contributed by atoms with van der Waals surface area (Å²) >= 11 is 0. The average molecular weight is 358 g/mol. The molecule has 0 spiro atoms. The fourth-order valence-corrected chi connectivity index (χ4v) is 4.74. The van der Waals surface area contributed by atoms with E-state index in [1.165, 1.54) is 18.9 Å². The zero-order valence-corrected chi connectivity index (χ0v) is 15.0. The molecule has 7 heteroatoms. The normalized spacial score (nSPS) is 28.2. The van der Waals surface area contributed by atoms with Crippen molar-refractivity contribution >= 4 is 17.3 Å². The molecule has 3 fully saturated rings. The van der Waals surface area contributed by atoms with Crippen LogP contribution in [-0.4, -0.2) is 54.0 Å². The summed E-state index contributed by atoms with van der Waals surface area (Å²) in [5, 5.41) is 14.6. The number of anilines is 1. The van der Waals surface area contributed by atoms with Crippen LogP contribution in [0.15, 0.2) is 24.3 Å². The number of hydrogen-bond acceptors (Lipinski definition) is 5. The van der Waals surface area contributed by atoms with Crippen LogP contribution in [0.2, 0.25) is 0 Å². The Morgan fingerprint density at radius 2 is 1.85 bits per heavy atom. The van der Waals surface area contributed by atoms with Crippen LogP contribution < -0.4 is 10.2 Å². The highest BCUT2D eigenvalue weighted by atomic mass is 16.6. The summed E-state index contributed by atoms with van der Waals surface area (Å²) < 4.78 is 0. The van der Waals surface area contributed by atoms with E-state index in [2.05, 4.69) is 10.2 Å². The van der Waals surface area contributed by atoms with Crippen molar-refractivity contribution in [1.29, 1.82) is 0 Å². The maximum atomic E-state index is 12.7. The second kappa shape index (κ2) is 7.23. The number of non-ortho nitro benzene ring substituents is 1. The summed E-state index contributed by atoms with van der Waals surface area (Å²) in [7, 11) is 0. The van der Waals surface area contributed by atoms with Gasteiger partial charge in [0, 0.05) is 62.5 Å². The first-order valence-electron chi connectivity index (χ1n) is 9.62. The minimum absolute atomic E-state index is 0.113. The molecule has 0 radical (unpaired) electrons. The number of nitro groups is 1. The van der Waals surface area contributed by atoms with E-state index < -0.39 is 0 Å². The third-order valence-corrected chi connectivity index (χ3v) is 6.07. The molecule has 2 unspecified atom stereocenters. The smallest absolute Gasteiger partial charge is 0.271 e. The Labute approximate surface area is 153 Å². The molecule has 1 aromatic rings. The average Bonchev–Trinajstić information content (AvgIpc) is 3.00. The van der Waals surface area contributed by atoms with Gasteiger partial charge in [-0.3, -0.25) is 14.9 Å². The lowest BCUT2D eigenvalue weighted by Crippen LogP contribution is -2.49. The minimum atomic E-state index is -0.366. The lowest BCUT2D eigenvalue weighted by atomic mass is 9.89. The molecule has 3 aliphatic rings. The van der Waals surface area contributed by atoms with Gasteiger partial charge in [0.05, 0.1) is 4.92 Å². The van der Waals surface area contributed by atoms with Crippen molar-refractivity contribution in [3.05, 3.63) is 34.4 Å². The van der Waals surface area contributed by atoms with Gasteiger partial charge in [0.2, 0.25) is 5.91 Å². The van der Waals surface area contributed by atoms with E-state index in [1.54, 1.807) is 12.1 Å². The molecule has 3 aliphatic heterocycles. The zero-order chi connectivity index (χ0) is 18.1. The molecule has 3 saturated heterocycles. The summed E-state index contributed by atoms with van der Waals surface area (Å²) in [6.45, 7) is 2.84. The molecule has 4 rings (SSSR count). The predicted molar refractivity (Wildman–Crippen MR) is 99.2 cm³/mol. The number of carbonyl (C=O) groups excluding carboxylic acids is 1. The lowest BCUT2D eigenvalue weighted by Gasteiger charge is -2.37. The Bertz CT molecular complexity index is 675. The zero-order valence-electron chi connectivity index (χ0n) is 15.0. The fourth-order valence-electron chi connectivity index (χ4n) is 4.74. The van der Waals surface area contributed by atoms with E-state index in [1.807, 2.05) is 11.0 Å². The number of piperidine rings is 1. The monoisotopic (exact) mass is 358 g/mol. The SMILES string of the molecule is O=C(CC1CC2CCC(C1)N2)N1CCN(c2cccc([N+](=O)[O-])c2)CC1. The van der Waals surface area contributed by atoms with Gasteiger partial charge in [-0.25, -0.2) is 0 Å². The van der Waals surface area contributed by atoms with Gasteiger partial charge in [0.15, 0.2) is 0 Å². The number of amides is 1. The van der Waals surface area contributed by atoms with Crippen molar-refractivity contribution in [2.24, 2.45) is 5.92 Å². The number of nitro benzene ring substituents is 1. The molecule has 26 heavy (non-hydrogen) atoms. The number of benzene rings is 1. The topological polar surface area (TPSA) is 78.7 Å². The summed E-state index contributed by atoms with van der Waals surface area (Å²) in [5.74, 6) is 0.797. The first-order valence-corrected chi connectivity index (χ1v) is 9.62. The minimum Gasteiger partial charge on any atom is -0.368 e. The summed E-state index contributed by atoms with van der Waals surface area (Å²) in [5.41, 5.74) is 0.975. The van der Waals surface area contributed by atoms with Crippen LogP contribution in [0.4, 0.5) is 11.4 Å². The van der Waals surface area contributed by atoms with E-state index in [0.29, 0.717) is 37.5 Å². The van der Waals surface area contributed by atoms with Crippen LogP contribution in [0, 0.1) is 16.0 Å². The van der Waals surface area contributed by atoms with E-state index in [-0.39, 0.29) is 16.5 Å². The van der Waals surface area contributed by atoms with Crippen LogP contribution in [0.5, 0.6) is 0 Å². The molecular formula is C19H26N4O3. The Kier molecular flexibility index (Phi) is 4.80. The third-order valence-electron chi connectivity index (χ3n) is 6.07. The van der Waals surface area contributed by atoms with Crippen molar-refractivity contribution < 1.29 is 9.72 Å². The summed E-state index contributed by atoms with van der Waals surface area (Å²) in [6.07, 6.45) is 5.46. The van der Waals surface area contributed by atoms with E-state index in [9.17, 15) is 14.9 Å². The number of nitrogens with zero attached hydrogens (tertiary/aromatic N) is 3. The molecule has 2 bridgehead atoms. The van der Waals surface area contributed by atoms with E-state index >= 15 is 0 Å². The van der Waals surface area contributed by atoms with Gasteiger partial charge >= 0.3 is 0 Å². The maximum Gasteiger partial charge on any atom is 0.271 e. The van der Waals surface area contributed by atoms with Crippen molar-refractivity contribution in [3.8, 4) is 0 Å². The van der Waals surface area contributed by atoms with Gasteiger partial charge in [0.25, 0.3) is 5.69 Å². The molecular weight excluding hydrogens is 332 g/mol. The Morgan fingerprint density at radius 1 is 1.15 bits per heavy atom. The summed E-state index contributed by atoms with van der Waals surface area (Å²) in [4.78, 5) is 27.4.